The lowest BCUT2D eigenvalue weighted by Gasteiger charge is -2.35. The Labute approximate surface area is 279 Å². The number of rotatable bonds is 11. The molecule has 6 N–H and O–H groups in total. The van der Waals surface area contributed by atoms with Gasteiger partial charge in [-0.15, -0.1) is 6.42 Å². The number of aliphatic hydroxyl groups excluding tert-OH is 2. The summed E-state index contributed by atoms with van der Waals surface area (Å²) in [5, 5.41) is 63.6. The van der Waals surface area contributed by atoms with Crippen LogP contribution in [0, 0.1) is 24.2 Å². The molecule has 3 aromatic carbocycles. The lowest BCUT2D eigenvalue weighted by molar-refractivity contribution is -0.111. The average molecular weight is 647 g/mol. The number of phenolic OH excluding ortho intramolecular Hbond substituents is 4. The van der Waals surface area contributed by atoms with Crippen molar-refractivity contribution in [2.45, 2.75) is 39.0 Å². The normalized spacial score (nSPS) is 18.2. The molecule has 8 nitrogen and oxygen atoms in total. The molecule has 0 heterocycles. The third kappa shape index (κ3) is 8.45. The van der Waals surface area contributed by atoms with Crippen LogP contribution in [0.1, 0.15) is 59.7 Å². The van der Waals surface area contributed by atoms with Crippen LogP contribution < -0.4 is 0 Å². The largest absolute Gasteiger partial charge is 0.513 e. The van der Waals surface area contributed by atoms with Gasteiger partial charge >= 0.3 is 0 Å². The van der Waals surface area contributed by atoms with Crippen molar-refractivity contribution in [1.29, 1.82) is 0 Å². The SMILES string of the molecule is C#C/C=C\C(C(=O)/C=C/c1ccc(O)cc1)=C(\O)CC1C=C(O)CC(c2ccc(O)cc2)C1C(=O)c1ccc(O)c(CC=C(C)C)c1O. The number of Topliss-reactive ketones (excluding diaryl/α,β-unsaturated/α-hetero) is 1. The molecule has 1 aliphatic rings. The smallest absolute Gasteiger partial charge is 0.189 e. The second kappa shape index (κ2) is 15.6. The van der Waals surface area contributed by atoms with Crippen LogP contribution in [0.15, 0.2) is 114 Å². The Kier molecular flexibility index (Phi) is 11.3. The third-order valence-corrected chi connectivity index (χ3v) is 8.26. The third-order valence-electron chi connectivity index (χ3n) is 8.26. The van der Waals surface area contributed by atoms with E-state index in [1.54, 1.807) is 24.3 Å². The Hall–Kier alpha value is -5.94. The van der Waals surface area contributed by atoms with Gasteiger partial charge in [-0.05, 0) is 98.0 Å². The van der Waals surface area contributed by atoms with Crippen LogP contribution in [0.4, 0.5) is 0 Å². The van der Waals surface area contributed by atoms with Crippen LogP contribution in [0.25, 0.3) is 6.08 Å². The minimum absolute atomic E-state index is 0.0123. The molecule has 0 bridgehead atoms. The maximum Gasteiger partial charge on any atom is 0.189 e. The number of carbonyl (C=O) groups is 2. The summed E-state index contributed by atoms with van der Waals surface area (Å²) in [7, 11) is 0. The van der Waals surface area contributed by atoms with Crippen molar-refractivity contribution in [3.05, 3.63) is 136 Å². The molecule has 246 valence electrons. The van der Waals surface area contributed by atoms with Gasteiger partial charge in [-0.3, -0.25) is 9.59 Å². The van der Waals surface area contributed by atoms with Gasteiger partial charge in [-0.1, -0.05) is 47.9 Å². The molecule has 0 amide bonds. The van der Waals surface area contributed by atoms with Gasteiger partial charge in [0.05, 0.1) is 16.9 Å². The Morgan fingerprint density at radius 3 is 2.17 bits per heavy atom. The maximum absolute atomic E-state index is 14.5. The Bertz CT molecular complexity index is 1860. The Balaban J connectivity index is 1.80. The average Bonchev–Trinajstić information content (AvgIpc) is 3.04. The van der Waals surface area contributed by atoms with Gasteiger partial charge in [0.1, 0.15) is 28.8 Å². The number of hydrogen-bond acceptors (Lipinski definition) is 8. The molecule has 48 heavy (non-hydrogen) atoms. The lowest BCUT2D eigenvalue weighted by atomic mass is 9.67. The highest BCUT2D eigenvalue weighted by Crippen LogP contribution is 2.46. The highest BCUT2D eigenvalue weighted by atomic mass is 16.3. The van der Waals surface area contributed by atoms with Gasteiger partial charge in [0.25, 0.3) is 0 Å². The summed E-state index contributed by atoms with van der Waals surface area (Å²) in [6, 6.07) is 15.1. The zero-order chi connectivity index (χ0) is 35.0. The molecule has 0 saturated carbocycles. The van der Waals surface area contributed by atoms with E-state index in [1.165, 1.54) is 66.8 Å². The van der Waals surface area contributed by atoms with Gasteiger partial charge in [0.15, 0.2) is 11.6 Å². The molecule has 8 heteroatoms. The quantitative estimate of drug-likeness (QED) is 0.0309. The molecule has 3 aromatic rings. The summed E-state index contributed by atoms with van der Waals surface area (Å²) in [4.78, 5) is 27.8. The van der Waals surface area contributed by atoms with Crippen molar-refractivity contribution >= 4 is 17.6 Å². The van der Waals surface area contributed by atoms with Crippen LogP contribution in [-0.2, 0) is 11.2 Å². The van der Waals surface area contributed by atoms with Gasteiger partial charge in [-0.2, -0.15) is 0 Å². The van der Waals surface area contributed by atoms with E-state index in [2.05, 4.69) is 5.92 Å². The summed E-state index contributed by atoms with van der Waals surface area (Å²) < 4.78 is 0. The number of benzene rings is 3. The van der Waals surface area contributed by atoms with Crippen molar-refractivity contribution in [2.24, 2.45) is 11.8 Å². The Morgan fingerprint density at radius 1 is 0.896 bits per heavy atom. The first-order valence-electron chi connectivity index (χ1n) is 15.4. The fraction of sp³-hybridized carbons (Fsp3) is 0.200. The summed E-state index contributed by atoms with van der Waals surface area (Å²) in [5.41, 5.74) is 2.23. The number of ketones is 2. The second-order valence-corrected chi connectivity index (χ2v) is 11.9. The number of carbonyl (C=O) groups excluding carboxylic acids is 2. The molecule has 0 radical (unpaired) electrons. The van der Waals surface area contributed by atoms with Crippen LogP contribution >= 0.6 is 0 Å². The van der Waals surface area contributed by atoms with E-state index >= 15 is 0 Å². The van der Waals surface area contributed by atoms with E-state index in [4.69, 9.17) is 6.42 Å². The maximum atomic E-state index is 14.5. The number of terminal acetylenes is 1. The summed E-state index contributed by atoms with van der Waals surface area (Å²) in [6.07, 6.45) is 14.0. The second-order valence-electron chi connectivity index (χ2n) is 11.9. The lowest BCUT2D eigenvalue weighted by Crippen LogP contribution is -2.33. The van der Waals surface area contributed by atoms with Crippen LogP contribution in [-0.4, -0.2) is 42.2 Å². The van der Waals surface area contributed by atoms with E-state index in [1.807, 2.05) is 19.9 Å². The number of hydrogen-bond donors (Lipinski definition) is 6. The van der Waals surface area contributed by atoms with E-state index in [9.17, 15) is 40.2 Å². The van der Waals surface area contributed by atoms with Crippen molar-refractivity contribution in [2.75, 3.05) is 0 Å². The topological polar surface area (TPSA) is 156 Å². The number of aromatic hydroxyl groups is 4. The molecule has 3 atom stereocenters. The predicted octanol–water partition coefficient (Wildman–Crippen LogP) is 7.74. The molecule has 0 aliphatic heterocycles. The van der Waals surface area contributed by atoms with Crippen molar-refractivity contribution in [1.82, 2.24) is 0 Å². The number of aliphatic hydroxyl groups is 2. The van der Waals surface area contributed by atoms with Gasteiger partial charge in [0, 0.05) is 30.2 Å². The molecular formula is C40H38O8. The monoisotopic (exact) mass is 646 g/mol. The van der Waals surface area contributed by atoms with Gasteiger partial charge < -0.3 is 30.6 Å². The first kappa shape index (κ1) is 34.9. The minimum atomic E-state index is -0.958. The van der Waals surface area contributed by atoms with E-state index in [0.29, 0.717) is 11.1 Å². The van der Waals surface area contributed by atoms with Gasteiger partial charge in [0.2, 0.25) is 0 Å². The Morgan fingerprint density at radius 2 is 1.54 bits per heavy atom. The molecule has 1 aliphatic carbocycles. The van der Waals surface area contributed by atoms with Gasteiger partial charge in [-0.25, -0.2) is 0 Å². The molecule has 0 fully saturated rings. The highest BCUT2D eigenvalue weighted by molar-refractivity contribution is 6.08. The fourth-order valence-corrected chi connectivity index (χ4v) is 5.82. The highest BCUT2D eigenvalue weighted by Gasteiger charge is 2.41. The fourth-order valence-electron chi connectivity index (χ4n) is 5.82. The minimum Gasteiger partial charge on any atom is -0.513 e. The van der Waals surface area contributed by atoms with E-state index in [0.717, 1.165) is 5.57 Å². The number of phenols is 4. The van der Waals surface area contributed by atoms with Crippen molar-refractivity contribution in [3.8, 4) is 35.3 Å². The summed E-state index contributed by atoms with van der Waals surface area (Å²) >= 11 is 0. The summed E-state index contributed by atoms with van der Waals surface area (Å²) in [6.45, 7) is 3.75. The first-order valence-corrected chi connectivity index (χ1v) is 15.4. The zero-order valence-corrected chi connectivity index (χ0v) is 26.7. The zero-order valence-electron chi connectivity index (χ0n) is 26.7. The van der Waals surface area contributed by atoms with E-state index < -0.39 is 29.3 Å². The summed E-state index contributed by atoms with van der Waals surface area (Å²) in [5.74, 6) is -2.10. The van der Waals surface area contributed by atoms with Crippen LogP contribution in [0.5, 0.6) is 23.0 Å². The van der Waals surface area contributed by atoms with E-state index in [-0.39, 0.29) is 70.5 Å². The predicted molar refractivity (Wildman–Crippen MR) is 185 cm³/mol. The molecule has 4 rings (SSSR count). The van der Waals surface area contributed by atoms with Crippen LogP contribution in [0.3, 0.4) is 0 Å². The molecule has 3 unspecified atom stereocenters. The molecule has 0 aromatic heterocycles. The standard InChI is InChI=1S/C40H38O8/c1-4-5-6-31(35(44)19-10-25-8-13-28(41)14-9-25)37(46)22-27-21-30(43)23-34(26-11-15-29(42)16-12-26)38(27)40(48)33-18-20-36(45)32(39(33)47)17-7-24(2)3/h1,5-16,18-21,27,34,38,41-43,45-47H,17,22-23H2,2-3H3/b6-5-,19-10+,37-31-. The molecule has 0 spiro atoms. The van der Waals surface area contributed by atoms with Crippen molar-refractivity contribution < 1.29 is 40.2 Å². The number of allylic oxidation sites excluding steroid dienone is 9. The van der Waals surface area contributed by atoms with Crippen molar-refractivity contribution in [3.63, 3.8) is 0 Å². The molecular weight excluding hydrogens is 608 g/mol. The molecule has 0 saturated heterocycles. The first-order chi connectivity index (χ1) is 22.9. The van der Waals surface area contributed by atoms with Crippen LogP contribution in [0.2, 0.25) is 0 Å².